The van der Waals surface area contributed by atoms with Crippen molar-refractivity contribution in [3.63, 3.8) is 0 Å². The predicted molar refractivity (Wildman–Crippen MR) is 115 cm³/mol. The molecule has 33 heavy (non-hydrogen) atoms. The number of nitrogens with zero attached hydrogens (tertiary/aromatic N) is 6. The van der Waals surface area contributed by atoms with Gasteiger partial charge in [0.1, 0.15) is 18.0 Å². The van der Waals surface area contributed by atoms with Gasteiger partial charge >= 0.3 is 0 Å². The molecule has 0 spiro atoms. The van der Waals surface area contributed by atoms with Gasteiger partial charge in [-0.1, -0.05) is 28.0 Å². The summed E-state index contributed by atoms with van der Waals surface area (Å²) in [6, 6.07) is 9.87. The molecular weight excluding hydrogens is 452 g/mol. The second kappa shape index (κ2) is 8.17. The lowest BCUT2D eigenvalue weighted by Crippen LogP contribution is -2.39. The first-order valence-electron chi connectivity index (χ1n) is 9.86. The van der Waals surface area contributed by atoms with E-state index >= 15 is 0 Å². The average molecular weight is 469 g/mol. The van der Waals surface area contributed by atoms with Crippen molar-refractivity contribution in [2.75, 3.05) is 19.1 Å². The molecule has 1 fully saturated rings. The van der Waals surface area contributed by atoms with Crippen LogP contribution in [-0.4, -0.2) is 53.3 Å². The monoisotopic (exact) mass is 468 g/mol. The SMILES string of the molecule is COc1ccc(-c2noc(CN3N=N[C@H]4C(=O)N(c5cccc(Cl)c5)C(=O)[C@H]43)n2)c(OC)c1. The number of aromatic nitrogens is 2. The average Bonchev–Trinajstić information content (AvgIpc) is 3.51. The first kappa shape index (κ1) is 20.9. The number of hydrogen-bond donors (Lipinski definition) is 0. The number of amides is 2. The fourth-order valence-electron chi connectivity index (χ4n) is 3.77. The number of carbonyl (C=O) groups excluding carboxylic acids is 2. The maximum Gasteiger partial charge on any atom is 0.263 e. The van der Waals surface area contributed by atoms with Crippen molar-refractivity contribution in [3.05, 3.63) is 53.4 Å². The van der Waals surface area contributed by atoms with Crippen LogP contribution in [0.4, 0.5) is 5.69 Å². The van der Waals surface area contributed by atoms with Crippen LogP contribution < -0.4 is 14.4 Å². The second-order valence-electron chi connectivity index (χ2n) is 7.26. The van der Waals surface area contributed by atoms with Crippen molar-refractivity contribution < 1.29 is 23.6 Å². The number of fused-ring (bicyclic) bond motifs is 1. The summed E-state index contributed by atoms with van der Waals surface area (Å²) in [4.78, 5) is 31.4. The largest absolute Gasteiger partial charge is 0.497 e. The van der Waals surface area contributed by atoms with Crippen LogP contribution in [0.5, 0.6) is 11.5 Å². The van der Waals surface area contributed by atoms with E-state index in [0.29, 0.717) is 33.6 Å². The topological polar surface area (TPSA) is 123 Å². The molecule has 0 N–H and O–H groups in total. The van der Waals surface area contributed by atoms with Crippen molar-refractivity contribution in [1.29, 1.82) is 0 Å². The summed E-state index contributed by atoms with van der Waals surface area (Å²) in [6.07, 6.45) is 0. The molecule has 2 aliphatic heterocycles. The van der Waals surface area contributed by atoms with E-state index in [1.54, 1.807) is 49.6 Å². The Bertz CT molecular complexity index is 1280. The van der Waals surface area contributed by atoms with Gasteiger partial charge in [0.05, 0.1) is 25.5 Å². The fourth-order valence-corrected chi connectivity index (χ4v) is 3.96. The summed E-state index contributed by atoms with van der Waals surface area (Å²) in [5, 5.41) is 13.8. The maximum absolute atomic E-state index is 13.1. The predicted octanol–water partition coefficient (Wildman–Crippen LogP) is 2.90. The molecule has 0 radical (unpaired) electrons. The Balaban J connectivity index is 1.37. The molecule has 0 unspecified atom stereocenters. The zero-order valence-electron chi connectivity index (χ0n) is 17.5. The Kier molecular flexibility index (Phi) is 5.17. The van der Waals surface area contributed by atoms with Crippen molar-refractivity contribution >= 4 is 29.1 Å². The van der Waals surface area contributed by atoms with Gasteiger partial charge in [0.15, 0.2) is 12.1 Å². The summed E-state index contributed by atoms with van der Waals surface area (Å²) in [5.41, 5.74) is 0.988. The Labute approximate surface area is 192 Å². The molecule has 2 atom stereocenters. The van der Waals surface area contributed by atoms with Crippen LogP contribution >= 0.6 is 11.6 Å². The highest BCUT2D eigenvalue weighted by Gasteiger charge is 2.55. The number of hydrogen-bond acceptors (Lipinski definition) is 10. The molecule has 2 aliphatic rings. The summed E-state index contributed by atoms with van der Waals surface area (Å²) in [6.45, 7) is -0.00145. The third-order valence-electron chi connectivity index (χ3n) is 5.34. The molecule has 0 aliphatic carbocycles. The lowest BCUT2D eigenvalue weighted by Gasteiger charge is -2.19. The van der Waals surface area contributed by atoms with Gasteiger partial charge in [-0.2, -0.15) is 10.1 Å². The van der Waals surface area contributed by atoms with E-state index in [2.05, 4.69) is 20.5 Å². The molecule has 5 rings (SSSR count). The van der Waals surface area contributed by atoms with Gasteiger partial charge in [0.2, 0.25) is 11.7 Å². The molecule has 0 bridgehead atoms. The summed E-state index contributed by atoms with van der Waals surface area (Å²) < 4.78 is 15.9. The molecule has 1 aromatic heterocycles. The molecule has 0 saturated carbocycles. The molecule has 11 nitrogen and oxygen atoms in total. The zero-order valence-corrected chi connectivity index (χ0v) is 18.3. The van der Waals surface area contributed by atoms with Crippen molar-refractivity contribution in [2.24, 2.45) is 10.3 Å². The highest BCUT2D eigenvalue weighted by Crippen LogP contribution is 2.35. The number of methoxy groups -OCH3 is 2. The molecule has 12 heteroatoms. The van der Waals surface area contributed by atoms with Gasteiger partial charge in [-0.25, -0.2) is 4.90 Å². The highest BCUT2D eigenvalue weighted by molar-refractivity contribution is 6.31. The van der Waals surface area contributed by atoms with Crippen LogP contribution in [0.3, 0.4) is 0 Å². The minimum Gasteiger partial charge on any atom is -0.497 e. The lowest BCUT2D eigenvalue weighted by atomic mass is 10.1. The highest BCUT2D eigenvalue weighted by atomic mass is 35.5. The van der Waals surface area contributed by atoms with Crippen molar-refractivity contribution in [1.82, 2.24) is 15.1 Å². The van der Waals surface area contributed by atoms with Gasteiger partial charge in [-0.15, -0.1) is 0 Å². The van der Waals surface area contributed by atoms with Crippen LogP contribution in [-0.2, 0) is 16.1 Å². The van der Waals surface area contributed by atoms with E-state index in [9.17, 15) is 9.59 Å². The van der Waals surface area contributed by atoms with E-state index in [-0.39, 0.29) is 12.4 Å². The summed E-state index contributed by atoms with van der Waals surface area (Å²) >= 11 is 6.02. The van der Waals surface area contributed by atoms with Gasteiger partial charge in [0, 0.05) is 11.1 Å². The van der Waals surface area contributed by atoms with Crippen LogP contribution in [0.1, 0.15) is 5.89 Å². The van der Waals surface area contributed by atoms with E-state index in [1.807, 2.05) is 0 Å². The van der Waals surface area contributed by atoms with Crippen LogP contribution in [0.15, 0.2) is 57.3 Å². The number of ether oxygens (including phenoxy) is 2. The van der Waals surface area contributed by atoms with E-state index in [4.69, 9.17) is 25.6 Å². The molecular formula is C21H17ClN6O5. The van der Waals surface area contributed by atoms with E-state index < -0.39 is 23.9 Å². The number of benzene rings is 2. The van der Waals surface area contributed by atoms with Gasteiger partial charge in [-0.3, -0.25) is 14.6 Å². The summed E-state index contributed by atoms with van der Waals surface area (Å²) in [5.74, 6) is 0.713. The Morgan fingerprint density at radius 1 is 1.09 bits per heavy atom. The number of halogens is 1. The summed E-state index contributed by atoms with van der Waals surface area (Å²) in [7, 11) is 3.08. The van der Waals surface area contributed by atoms with E-state index in [0.717, 1.165) is 4.90 Å². The Morgan fingerprint density at radius 2 is 1.94 bits per heavy atom. The lowest BCUT2D eigenvalue weighted by molar-refractivity contribution is -0.123. The molecule has 3 aromatic rings. The first-order valence-corrected chi connectivity index (χ1v) is 10.2. The molecule has 1 saturated heterocycles. The third kappa shape index (κ3) is 3.55. The number of anilines is 1. The van der Waals surface area contributed by atoms with Crippen LogP contribution in [0.2, 0.25) is 5.02 Å². The number of rotatable bonds is 6. The molecule has 168 valence electrons. The van der Waals surface area contributed by atoms with Gasteiger partial charge < -0.3 is 14.0 Å². The van der Waals surface area contributed by atoms with Crippen molar-refractivity contribution in [3.8, 4) is 22.9 Å². The second-order valence-corrected chi connectivity index (χ2v) is 7.70. The Morgan fingerprint density at radius 3 is 2.70 bits per heavy atom. The fraction of sp³-hybridized carbons (Fsp3) is 0.238. The molecule has 3 heterocycles. The number of carbonyl (C=O) groups is 2. The first-order chi connectivity index (χ1) is 16.0. The normalized spacial score (nSPS) is 19.4. The maximum atomic E-state index is 13.1. The molecule has 2 amide bonds. The van der Waals surface area contributed by atoms with Crippen LogP contribution in [0, 0.1) is 0 Å². The molecule has 2 aromatic carbocycles. The standard InChI is InChI=1S/C21H17ClN6O5/c1-31-13-6-7-14(15(9-13)32-2)19-23-16(33-25-19)10-27-18-17(24-26-27)20(29)28(21(18)30)12-5-3-4-11(22)8-12/h3-9,17-18H,10H2,1-2H3/t17-,18+/m1/s1. The van der Waals surface area contributed by atoms with Gasteiger partial charge in [0.25, 0.3) is 11.8 Å². The smallest absolute Gasteiger partial charge is 0.263 e. The zero-order chi connectivity index (χ0) is 23.1. The van der Waals surface area contributed by atoms with Crippen LogP contribution in [0.25, 0.3) is 11.4 Å². The minimum atomic E-state index is -0.944. The van der Waals surface area contributed by atoms with Gasteiger partial charge in [-0.05, 0) is 30.3 Å². The minimum absolute atomic E-state index is 0.00145. The van der Waals surface area contributed by atoms with Crippen molar-refractivity contribution in [2.45, 2.75) is 18.6 Å². The number of imide groups is 1. The quantitative estimate of drug-likeness (QED) is 0.506. The Hall–Kier alpha value is -3.99. The van der Waals surface area contributed by atoms with E-state index in [1.165, 1.54) is 12.1 Å². The third-order valence-corrected chi connectivity index (χ3v) is 5.57.